The van der Waals surface area contributed by atoms with Gasteiger partial charge in [-0.2, -0.15) is 5.10 Å². The summed E-state index contributed by atoms with van der Waals surface area (Å²) in [5, 5.41) is 6.50. The summed E-state index contributed by atoms with van der Waals surface area (Å²) in [6.45, 7) is 0. The number of anilines is 1. The summed E-state index contributed by atoms with van der Waals surface area (Å²) in [5.41, 5.74) is 0.0731. The van der Waals surface area contributed by atoms with E-state index in [0.29, 0.717) is 5.02 Å². The first-order chi connectivity index (χ1) is 8.40. The van der Waals surface area contributed by atoms with Crippen molar-refractivity contribution in [3.8, 4) is 0 Å². The maximum absolute atomic E-state index is 11.9. The van der Waals surface area contributed by atoms with E-state index in [1.807, 2.05) is 0 Å². The van der Waals surface area contributed by atoms with Crippen molar-refractivity contribution in [1.29, 1.82) is 0 Å². The van der Waals surface area contributed by atoms with Crippen LogP contribution in [0.4, 0.5) is 5.69 Å². The normalized spacial score (nSPS) is 11.5. The summed E-state index contributed by atoms with van der Waals surface area (Å²) in [4.78, 5) is -0.0235. The predicted molar refractivity (Wildman–Crippen MR) is 70.9 cm³/mol. The van der Waals surface area contributed by atoms with Gasteiger partial charge in [0.15, 0.2) is 0 Å². The fourth-order valence-electron chi connectivity index (χ4n) is 1.22. The molecule has 0 bridgehead atoms. The average molecular weight is 327 g/mol. The van der Waals surface area contributed by atoms with Gasteiger partial charge in [-0.05, 0) is 12.1 Å². The Balaban J connectivity index is 2.42. The Kier molecular flexibility index (Phi) is 3.72. The van der Waals surface area contributed by atoms with Crippen molar-refractivity contribution in [3.05, 3.63) is 39.6 Å². The molecule has 5 nitrogen and oxygen atoms in total. The largest absolute Gasteiger partial charge is 0.284 e. The second kappa shape index (κ2) is 4.97. The second-order valence-corrected chi connectivity index (χ2v) is 6.22. The van der Waals surface area contributed by atoms with Gasteiger partial charge in [-0.3, -0.25) is 9.82 Å². The molecule has 0 saturated heterocycles. The van der Waals surface area contributed by atoms with Crippen molar-refractivity contribution < 1.29 is 8.42 Å². The smallest absolute Gasteiger partial charge is 0.265 e. The van der Waals surface area contributed by atoms with E-state index in [4.69, 9.17) is 34.8 Å². The summed E-state index contributed by atoms with van der Waals surface area (Å²) < 4.78 is 26.1. The third-order valence-corrected chi connectivity index (χ3v) is 4.16. The Labute approximate surface area is 118 Å². The topological polar surface area (TPSA) is 74.8 Å². The average Bonchev–Trinajstić information content (AvgIpc) is 2.77. The van der Waals surface area contributed by atoms with Gasteiger partial charge in [-0.1, -0.05) is 34.8 Å². The van der Waals surface area contributed by atoms with Crippen LogP contribution in [-0.2, 0) is 10.0 Å². The zero-order valence-electron chi connectivity index (χ0n) is 8.62. The van der Waals surface area contributed by atoms with Gasteiger partial charge in [0.1, 0.15) is 4.90 Å². The van der Waals surface area contributed by atoms with Gasteiger partial charge in [-0.25, -0.2) is 8.42 Å². The number of halogens is 3. The minimum Gasteiger partial charge on any atom is -0.284 e. The van der Waals surface area contributed by atoms with Gasteiger partial charge < -0.3 is 0 Å². The Bertz CT molecular complexity index is 647. The van der Waals surface area contributed by atoms with E-state index in [-0.39, 0.29) is 20.6 Å². The van der Waals surface area contributed by atoms with Crippen LogP contribution in [0.3, 0.4) is 0 Å². The molecule has 0 amide bonds. The molecule has 0 aliphatic rings. The first kappa shape index (κ1) is 13.5. The Hall–Kier alpha value is -0.950. The number of hydrogen-bond donors (Lipinski definition) is 2. The molecule has 0 radical (unpaired) electrons. The van der Waals surface area contributed by atoms with Crippen LogP contribution in [0.5, 0.6) is 0 Å². The van der Waals surface area contributed by atoms with E-state index >= 15 is 0 Å². The Morgan fingerprint density at radius 1 is 1.17 bits per heavy atom. The van der Waals surface area contributed by atoms with Gasteiger partial charge in [0.25, 0.3) is 10.0 Å². The van der Waals surface area contributed by atoms with Crippen LogP contribution in [0.1, 0.15) is 0 Å². The van der Waals surface area contributed by atoms with Gasteiger partial charge >= 0.3 is 0 Å². The fourth-order valence-corrected chi connectivity index (χ4v) is 3.25. The zero-order valence-corrected chi connectivity index (χ0v) is 11.7. The monoisotopic (exact) mass is 325 g/mol. The molecule has 0 unspecified atom stereocenters. The number of aromatic amines is 1. The van der Waals surface area contributed by atoms with Gasteiger partial charge in [-0.15, -0.1) is 0 Å². The first-order valence-corrected chi connectivity index (χ1v) is 7.18. The van der Waals surface area contributed by atoms with Crippen LogP contribution in [0.25, 0.3) is 0 Å². The Morgan fingerprint density at radius 3 is 2.28 bits per heavy atom. The molecule has 0 fully saturated rings. The highest BCUT2D eigenvalue weighted by molar-refractivity contribution is 7.92. The summed E-state index contributed by atoms with van der Waals surface area (Å²) in [7, 11) is -3.78. The highest BCUT2D eigenvalue weighted by Gasteiger charge is 2.19. The van der Waals surface area contributed by atoms with Crippen LogP contribution >= 0.6 is 34.8 Å². The minimum atomic E-state index is -3.78. The lowest BCUT2D eigenvalue weighted by Gasteiger charge is -2.10. The number of nitrogens with one attached hydrogen (secondary N) is 2. The summed E-state index contributed by atoms with van der Waals surface area (Å²) in [6, 6.07) is 2.78. The molecule has 18 heavy (non-hydrogen) atoms. The first-order valence-electron chi connectivity index (χ1n) is 4.56. The number of aromatic nitrogens is 2. The molecule has 0 aliphatic heterocycles. The molecule has 1 heterocycles. The van der Waals surface area contributed by atoms with E-state index in [9.17, 15) is 8.42 Å². The van der Waals surface area contributed by atoms with Crippen LogP contribution in [-0.4, -0.2) is 18.6 Å². The van der Waals surface area contributed by atoms with Crippen molar-refractivity contribution in [2.45, 2.75) is 4.90 Å². The Morgan fingerprint density at radius 2 is 1.78 bits per heavy atom. The maximum atomic E-state index is 11.9. The molecular formula is C9H6Cl3N3O2S. The standard InChI is InChI=1S/C9H6Cl3N3O2S/c10-5-1-7(11)9(8(12)2-5)15-18(16,17)6-3-13-14-4-6/h1-4,15H,(H,13,14). The van der Waals surface area contributed by atoms with E-state index in [1.54, 1.807) is 0 Å². The maximum Gasteiger partial charge on any atom is 0.265 e. The molecule has 0 spiro atoms. The van der Waals surface area contributed by atoms with Gasteiger partial charge in [0.05, 0.1) is 21.9 Å². The lowest BCUT2D eigenvalue weighted by molar-refractivity contribution is 0.601. The highest BCUT2D eigenvalue weighted by Crippen LogP contribution is 2.34. The van der Waals surface area contributed by atoms with Crippen molar-refractivity contribution in [2.24, 2.45) is 0 Å². The van der Waals surface area contributed by atoms with Gasteiger partial charge in [0.2, 0.25) is 0 Å². The highest BCUT2D eigenvalue weighted by atomic mass is 35.5. The van der Waals surface area contributed by atoms with Crippen LogP contribution in [0, 0.1) is 0 Å². The lowest BCUT2D eigenvalue weighted by atomic mass is 10.3. The second-order valence-electron chi connectivity index (χ2n) is 3.28. The molecular weight excluding hydrogens is 321 g/mol. The number of H-pyrrole nitrogens is 1. The molecule has 2 aromatic rings. The molecule has 1 aromatic carbocycles. The van der Waals surface area contributed by atoms with Crippen molar-refractivity contribution in [1.82, 2.24) is 10.2 Å². The van der Waals surface area contributed by atoms with E-state index in [1.165, 1.54) is 24.5 Å². The fraction of sp³-hybridized carbons (Fsp3) is 0. The van der Waals surface area contributed by atoms with Crippen molar-refractivity contribution in [3.63, 3.8) is 0 Å². The van der Waals surface area contributed by atoms with E-state index in [2.05, 4.69) is 14.9 Å². The number of benzene rings is 1. The van der Waals surface area contributed by atoms with E-state index < -0.39 is 10.0 Å². The number of sulfonamides is 1. The molecule has 2 N–H and O–H groups in total. The lowest BCUT2D eigenvalue weighted by Crippen LogP contribution is -2.12. The molecule has 1 aromatic heterocycles. The molecule has 0 atom stereocenters. The molecule has 0 aliphatic carbocycles. The molecule has 96 valence electrons. The minimum absolute atomic E-state index is 0.0235. The van der Waals surface area contributed by atoms with Crippen molar-refractivity contribution in [2.75, 3.05) is 4.72 Å². The summed E-state index contributed by atoms with van der Waals surface area (Å²) in [6.07, 6.45) is 2.40. The third-order valence-electron chi connectivity index (χ3n) is 2.03. The SMILES string of the molecule is O=S(=O)(Nc1c(Cl)cc(Cl)cc1Cl)c1cn[nH]c1. The zero-order chi connectivity index (χ0) is 13.3. The predicted octanol–water partition coefficient (Wildman–Crippen LogP) is 3.17. The number of hydrogen-bond acceptors (Lipinski definition) is 3. The summed E-state index contributed by atoms with van der Waals surface area (Å²) in [5.74, 6) is 0. The third kappa shape index (κ3) is 2.72. The van der Waals surface area contributed by atoms with Crippen molar-refractivity contribution >= 4 is 50.5 Å². The molecule has 2 rings (SSSR count). The van der Waals surface area contributed by atoms with Crippen LogP contribution < -0.4 is 4.72 Å². The quantitative estimate of drug-likeness (QED) is 0.909. The van der Waals surface area contributed by atoms with E-state index in [0.717, 1.165) is 0 Å². The molecule has 0 saturated carbocycles. The number of nitrogens with zero attached hydrogens (tertiary/aromatic N) is 1. The summed E-state index contributed by atoms with van der Waals surface area (Å²) >= 11 is 17.5. The van der Waals surface area contributed by atoms with Crippen LogP contribution in [0.15, 0.2) is 29.4 Å². The molecule has 9 heteroatoms. The number of rotatable bonds is 3. The van der Waals surface area contributed by atoms with Gasteiger partial charge in [0, 0.05) is 11.2 Å². The van der Waals surface area contributed by atoms with Crippen LogP contribution in [0.2, 0.25) is 15.1 Å².